The number of H-pyrrole nitrogens is 1. The third-order valence-electron chi connectivity index (χ3n) is 3.10. The minimum atomic E-state index is 0.0972. The summed E-state index contributed by atoms with van der Waals surface area (Å²) in [6.45, 7) is 2.13. The van der Waals surface area contributed by atoms with E-state index >= 15 is 0 Å². The highest BCUT2D eigenvalue weighted by Gasteiger charge is 2.02. The highest BCUT2D eigenvalue weighted by Crippen LogP contribution is 2.13. The summed E-state index contributed by atoms with van der Waals surface area (Å²) in [7, 11) is 0. The Morgan fingerprint density at radius 1 is 0.950 bits per heavy atom. The van der Waals surface area contributed by atoms with Crippen molar-refractivity contribution in [2.24, 2.45) is 0 Å². The Hall–Kier alpha value is -1.80. The van der Waals surface area contributed by atoms with Crippen LogP contribution in [0.15, 0.2) is 53.3 Å². The molecular weight excluding hydrogens is 270 g/mol. The van der Waals surface area contributed by atoms with E-state index in [0.29, 0.717) is 0 Å². The normalized spacial score (nSPS) is 10.3. The quantitative estimate of drug-likeness (QED) is 0.537. The van der Waals surface area contributed by atoms with Crippen LogP contribution in [0.2, 0.25) is 0 Å². The van der Waals surface area contributed by atoms with E-state index < -0.39 is 0 Å². The molecule has 3 rings (SSSR count). The third-order valence-corrected chi connectivity index (χ3v) is 3.37. The molecule has 3 heteroatoms. The Balaban J connectivity index is 0.000000257. The van der Waals surface area contributed by atoms with Crippen LogP contribution in [0, 0.1) is 0 Å². The first-order valence-corrected chi connectivity index (χ1v) is 7.37. The molecule has 2 aromatic carbocycles. The van der Waals surface area contributed by atoms with Crippen LogP contribution in [-0.4, -0.2) is 10.9 Å². The molecule has 1 heterocycles. The van der Waals surface area contributed by atoms with Gasteiger partial charge in [0.2, 0.25) is 0 Å². The van der Waals surface area contributed by atoms with Crippen molar-refractivity contribution in [3.05, 3.63) is 58.8 Å². The first-order valence-electron chi connectivity index (χ1n) is 6.83. The van der Waals surface area contributed by atoms with E-state index in [4.69, 9.17) is 11.6 Å². The van der Waals surface area contributed by atoms with Crippen LogP contribution in [0.3, 0.4) is 0 Å². The van der Waals surface area contributed by atoms with Crippen molar-refractivity contribution in [2.45, 2.75) is 19.8 Å². The number of aromatic nitrogens is 1. The molecule has 0 aliphatic heterocycles. The molecule has 0 spiro atoms. The lowest BCUT2D eigenvalue weighted by Crippen LogP contribution is -2.03. The first-order chi connectivity index (χ1) is 9.77. The third kappa shape index (κ3) is 3.20. The summed E-state index contributed by atoms with van der Waals surface area (Å²) in [5.74, 6) is 0.816. The number of halogens is 1. The lowest BCUT2D eigenvalue weighted by Gasteiger charge is -2.01. The maximum Gasteiger partial charge on any atom is 0.197 e. The molecule has 0 atom stereocenters. The Labute approximate surface area is 123 Å². The van der Waals surface area contributed by atoms with Gasteiger partial charge in [-0.25, -0.2) is 0 Å². The maximum atomic E-state index is 12.1. The van der Waals surface area contributed by atoms with Crippen LogP contribution < -0.4 is 5.43 Å². The average molecular weight is 288 g/mol. The molecule has 0 fully saturated rings. The highest BCUT2D eigenvalue weighted by molar-refractivity contribution is 6.17. The number of unbranched alkanes of at least 4 members (excludes halogenated alkanes) is 1. The predicted molar refractivity (Wildman–Crippen MR) is 87.7 cm³/mol. The maximum absolute atomic E-state index is 12.1. The Kier molecular flexibility index (Phi) is 5.19. The number of hydrogen-bond donors (Lipinski definition) is 1. The molecular formula is C17H18ClNO. The van der Waals surface area contributed by atoms with Gasteiger partial charge in [-0.2, -0.15) is 0 Å². The van der Waals surface area contributed by atoms with E-state index in [1.807, 2.05) is 48.5 Å². The van der Waals surface area contributed by atoms with E-state index in [1.165, 1.54) is 6.42 Å². The molecule has 0 bridgehead atoms. The molecule has 1 N–H and O–H groups in total. The van der Waals surface area contributed by atoms with Crippen molar-refractivity contribution in [2.75, 3.05) is 5.88 Å². The zero-order chi connectivity index (χ0) is 14.4. The molecule has 0 aliphatic rings. The minimum absolute atomic E-state index is 0.0972. The van der Waals surface area contributed by atoms with Gasteiger partial charge in [0.1, 0.15) is 0 Å². The lowest BCUT2D eigenvalue weighted by atomic mass is 10.1. The first kappa shape index (κ1) is 14.6. The Morgan fingerprint density at radius 3 is 1.85 bits per heavy atom. The number of nitrogens with one attached hydrogen (secondary N) is 1. The van der Waals surface area contributed by atoms with Gasteiger partial charge in [-0.1, -0.05) is 37.6 Å². The van der Waals surface area contributed by atoms with E-state index in [2.05, 4.69) is 11.9 Å². The van der Waals surface area contributed by atoms with Crippen LogP contribution >= 0.6 is 11.6 Å². The molecule has 104 valence electrons. The molecule has 2 nitrogen and oxygen atoms in total. The number of alkyl halides is 1. The second kappa shape index (κ2) is 7.11. The van der Waals surface area contributed by atoms with E-state index in [9.17, 15) is 4.79 Å². The van der Waals surface area contributed by atoms with Crippen molar-refractivity contribution in [1.29, 1.82) is 0 Å². The second-order valence-electron chi connectivity index (χ2n) is 4.59. The molecule has 0 saturated heterocycles. The fourth-order valence-corrected chi connectivity index (χ4v) is 2.27. The second-order valence-corrected chi connectivity index (χ2v) is 4.97. The number of fused-ring (bicyclic) bond motifs is 2. The van der Waals surface area contributed by atoms with Crippen molar-refractivity contribution in [3.63, 3.8) is 0 Å². The number of pyridine rings is 1. The fraction of sp³-hybridized carbons (Fsp3) is 0.235. The van der Waals surface area contributed by atoms with E-state index in [-0.39, 0.29) is 5.43 Å². The van der Waals surface area contributed by atoms with Gasteiger partial charge in [0.05, 0.1) is 0 Å². The van der Waals surface area contributed by atoms with Crippen LogP contribution in [0.1, 0.15) is 19.8 Å². The average Bonchev–Trinajstić information content (AvgIpc) is 2.49. The van der Waals surface area contributed by atoms with Gasteiger partial charge in [-0.15, -0.1) is 11.6 Å². The summed E-state index contributed by atoms with van der Waals surface area (Å²) in [6.07, 6.45) is 2.37. The van der Waals surface area contributed by atoms with Crippen LogP contribution in [0.4, 0.5) is 0 Å². The number of para-hydroxylation sites is 2. The van der Waals surface area contributed by atoms with Gasteiger partial charge < -0.3 is 4.98 Å². The van der Waals surface area contributed by atoms with Gasteiger partial charge in [-0.05, 0) is 30.7 Å². The van der Waals surface area contributed by atoms with E-state index in [0.717, 1.165) is 34.1 Å². The van der Waals surface area contributed by atoms with Crippen molar-refractivity contribution < 1.29 is 0 Å². The summed E-state index contributed by atoms with van der Waals surface area (Å²) in [5.41, 5.74) is 1.88. The lowest BCUT2D eigenvalue weighted by molar-refractivity contribution is 0.892. The van der Waals surface area contributed by atoms with Crippen LogP contribution in [0.25, 0.3) is 21.8 Å². The van der Waals surface area contributed by atoms with Crippen LogP contribution in [0.5, 0.6) is 0 Å². The topological polar surface area (TPSA) is 32.9 Å². The van der Waals surface area contributed by atoms with Gasteiger partial charge in [0, 0.05) is 27.7 Å². The van der Waals surface area contributed by atoms with Crippen molar-refractivity contribution in [3.8, 4) is 0 Å². The SMILES string of the molecule is CCCCCl.O=c1c2ccccc2[nH]c2ccccc12. The minimum Gasteiger partial charge on any atom is -0.354 e. The Morgan fingerprint density at radius 2 is 1.45 bits per heavy atom. The molecule has 3 aromatic rings. The summed E-state index contributed by atoms with van der Waals surface area (Å²) >= 11 is 5.30. The zero-order valence-electron chi connectivity index (χ0n) is 11.5. The van der Waals surface area contributed by atoms with E-state index in [1.54, 1.807) is 0 Å². The smallest absolute Gasteiger partial charge is 0.197 e. The molecule has 0 radical (unpaired) electrons. The standard InChI is InChI=1S/C13H9NO.C4H9Cl/c15-13-9-5-1-3-7-11(9)14-12-8-4-2-6-10(12)13;1-2-3-4-5/h1-8H,(H,14,15);2-4H2,1H3. The monoisotopic (exact) mass is 287 g/mol. The Bertz CT molecular complexity index is 689. The van der Waals surface area contributed by atoms with Gasteiger partial charge in [0.25, 0.3) is 0 Å². The van der Waals surface area contributed by atoms with Gasteiger partial charge >= 0.3 is 0 Å². The van der Waals surface area contributed by atoms with Gasteiger partial charge in [0.15, 0.2) is 5.43 Å². The summed E-state index contributed by atoms with van der Waals surface area (Å²) in [4.78, 5) is 15.3. The predicted octanol–water partition coefficient (Wildman–Crippen LogP) is 4.71. The largest absolute Gasteiger partial charge is 0.354 e. The zero-order valence-corrected chi connectivity index (χ0v) is 12.3. The molecule has 20 heavy (non-hydrogen) atoms. The highest BCUT2D eigenvalue weighted by atomic mass is 35.5. The number of benzene rings is 2. The summed E-state index contributed by atoms with van der Waals surface area (Å²) in [5, 5.41) is 1.49. The number of rotatable bonds is 2. The molecule has 0 aliphatic carbocycles. The number of hydrogen-bond acceptors (Lipinski definition) is 1. The fourth-order valence-electron chi connectivity index (χ4n) is 2.00. The molecule has 0 saturated carbocycles. The summed E-state index contributed by atoms with van der Waals surface area (Å²) < 4.78 is 0. The van der Waals surface area contributed by atoms with Crippen LogP contribution in [-0.2, 0) is 0 Å². The van der Waals surface area contributed by atoms with Crippen molar-refractivity contribution >= 4 is 33.4 Å². The molecule has 0 unspecified atom stereocenters. The molecule has 0 amide bonds. The number of aromatic amines is 1. The summed E-state index contributed by atoms with van der Waals surface area (Å²) in [6, 6.07) is 15.1. The molecule has 1 aromatic heterocycles. The van der Waals surface area contributed by atoms with Crippen molar-refractivity contribution in [1.82, 2.24) is 4.98 Å². The van der Waals surface area contributed by atoms with Gasteiger partial charge in [-0.3, -0.25) is 4.79 Å².